The van der Waals surface area contributed by atoms with E-state index in [1.165, 1.54) is 18.2 Å². The molecule has 1 saturated heterocycles. The molecule has 1 aromatic rings. The molecular formula is C13H14ClNO5S. The number of rotatable bonds is 4. The van der Waals surface area contributed by atoms with Gasteiger partial charge in [-0.05, 0) is 24.5 Å². The molecule has 0 aromatic heterocycles. The van der Waals surface area contributed by atoms with Gasteiger partial charge < -0.3 is 10.4 Å². The number of carbonyl (C=O) groups excluding carboxylic acids is 1. The third-order valence-corrected chi connectivity index (χ3v) is 5.45. The van der Waals surface area contributed by atoms with Gasteiger partial charge in [0.15, 0.2) is 9.84 Å². The first-order valence-corrected chi connectivity index (χ1v) is 8.50. The van der Waals surface area contributed by atoms with Crippen LogP contribution in [0, 0.1) is 5.92 Å². The smallest absolute Gasteiger partial charge is 0.339 e. The number of anilines is 1. The molecule has 21 heavy (non-hydrogen) atoms. The van der Waals surface area contributed by atoms with Crippen molar-refractivity contribution >= 4 is 39.0 Å². The molecule has 1 amide bonds. The third-order valence-electron chi connectivity index (χ3n) is 3.30. The van der Waals surface area contributed by atoms with Crippen molar-refractivity contribution in [2.24, 2.45) is 5.92 Å². The Hall–Kier alpha value is -1.60. The van der Waals surface area contributed by atoms with Crippen molar-refractivity contribution in [3.63, 3.8) is 0 Å². The van der Waals surface area contributed by atoms with E-state index in [0.29, 0.717) is 6.42 Å². The quantitative estimate of drug-likeness (QED) is 0.876. The molecule has 2 rings (SSSR count). The molecular weight excluding hydrogens is 318 g/mol. The number of benzene rings is 1. The van der Waals surface area contributed by atoms with E-state index in [1.807, 2.05) is 0 Å². The molecule has 0 spiro atoms. The van der Waals surface area contributed by atoms with Crippen molar-refractivity contribution in [3.8, 4) is 0 Å². The lowest BCUT2D eigenvalue weighted by atomic mass is 10.0. The molecule has 1 heterocycles. The highest BCUT2D eigenvalue weighted by atomic mass is 35.5. The predicted molar refractivity (Wildman–Crippen MR) is 78.4 cm³/mol. The molecule has 1 unspecified atom stereocenters. The molecule has 6 nitrogen and oxygen atoms in total. The van der Waals surface area contributed by atoms with Crippen molar-refractivity contribution in [2.45, 2.75) is 12.8 Å². The number of carboxylic acid groups (broad SMARTS) is 1. The molecule has 114 valence electrons. The molecule has 8 heteroatoms. The maximum absolute atomic E-state index is 11.9. The number of nitrogens with one attached hydrogen (secondary N) is 1. The van der Waals surface area contributed by atoms with Gasteiger partial charge in [-0.15, -0.1) is 0 Å². The van der Waals surface area contributed by atoms with Crippen LogP contribution in [0.2, 0.25) is 5.02 Å². The number of halogens is 1. The van der Waals surface area contributed by atoms with E-state index in [9.17, 15) is 18.0 Å². The van der Waals surface area contributed by atoms with E-state index >= 15 is 0 Å². The van der Waals surface area contributed by atoms with Crippen LogP contribution in [0.25, 0.3) is 0 Å². The van der Waals surface area contributed by atoms with E-state index in [2.05, 4.69) is 5.32 Å². The van der Waals surface area contributed by atoms with Gasteiger partial charge in [0.2, 0.25) is 5.91 Å². The molecule has 1 aliphatic rings. The number of aromatic carboxylic acids is 1. The average molecular weight is 332 g/mol. The Balaban J connectivity index is 2.07. The molecule has 0 radical (unpaired) electrons. The fourth-order valence-corrected chi connectivity index (χ4v) is 4.46. The summed E-state index contributed by atoms with van der Waals surface area (Å²) in [5.41, 5.74) is -0.0626. The summed E-state index contributed by atoms with van der Waals surface area (Å²) in [6, 6.07) is 4.40. The van der Waals surface area contributed by atoms with Crippen LogP contribution in [-0.2, 0) is 14.6 Å². The van der Waals surface area contributed by atoms with Crippen LogP contribution >= 0.6 is 11.6 Å². The lowest BCUT2D eigenvalue weighted by Gasteiger charge is -2.11. The Morgan fingerprint density at radius 3 is 2.67 bits per heavy atom. The standard InChI is InChI=1S/C13H14ClNO5S/c14-9-2-1-3-10(12(9)13(17)18)15-11(16)6-8-4-5-21(19,20)7-8/h1-3,8H,4-7H2,(H,15,16)(H,17,18). The lowest BCUT2D eigenvalue weighted by Crippen LogP contribution is -2.19. The molecule has 0 bridgehead atoms. The molecule has 1 atom stereocenters. The summed E-state index contributed by atoms with van der Waals surface area (Å²) in [5, 5.41) is 11.6. The largest absolute Gasteiger partial charge is 0.478 e. The van der Waals surface area contributed by atoms with Gasteiger partial charge in [-0.3, -0.25) is 4.79 Å². The zero-order valence-electron chi connectivity index (χ0n) is 11.0. The van der Waals surface area contributed by atoms with Crippen LogP contribution in [0.15, 0.2) is 18.2 Å². The lowest BCUT2D eigenvalue weighted by molar-refractivity contribution is -0.116. The second-order valence-corrected chi connectivity index (χ2v) is 7.62. The highest BCUT2D eigenvalue weighted by Crippen LogP contribution is 2.26. The highest BCUT2D eigenvalue weighted by Gasteiger charge is 2.29. The molecule has 0 aliphatic carbocycles. The fourth-order valence-electron chi connectivity index (χ4n) is 2.34. The van der Waals surface area contributed by atoms with Crippen LogP contribution in [0.4, 0.5) is 5.69 Å². The summed E-state index contributed by atoms with van der Waals surface area (Å²) in [5.74, 6) is -1.77. The minimum atomic E-state index is -3.04. The molecule has 1 fully saturated rings. The normalized spacial score (nSPS) is 20.1. The average Bonchev–Trinajstić information content (AvgIpc) is 2.67. The summed E-state index contributed by atoms with van der Waals surface area (Å²) in [6.45, 7) is 0. The molecule has 1 aromatic carbocycles. The highest BCUT2D eigenvalue weighted by molar-refractivity contribution is 7.91. The van der Waals surface area contributed by atoms with Crippen LogP contribution in [0.3, 0.4) is 0 Å². The van der Waals surface area contributed by atoms with E-state index in [4.69, 9.17) is 16.7 Å². The summed E-state index contributed by atoms with van der Waals surface area (Å²) < 4.78 is 22.7. The van der Waals surface area contributed by atoms with Crippen molar-refractivity contribution in [3.05, 3.63) is 28.8 Å². The molecule has 1 aliphatic heterocycles. The van der Waals surface area contributed by atoms with Gasteiger partial charge in [0.25, 0.3) is 0 Å². The number of hydrogen-bond donors (Lipinski definition) is 2. The number of carbonyl (C=O) groups is 2. The maximum atomic E-state index is 11.9. The van der Waals surface area contributed by atoms with Gasteiger partial charge in [0.1, 0.15) is 5.56 Å². The Bertz CT molecular complexity index is 686. The Morgan fingerprint density at radius 2 is 2.10 bits per heavy atom. The summed E-state index contributed by atoms with van der Waals surface area (Å²) >= 11 is 5.80. The second-order valence-electron chi connectivity index (χ2n) is 4.99. The first-order valence-electron chi connectivity index (χ1n) is 6.30. The van der Waals surface area contributed by atoms with Gasteiger partial charge in [-0.2, -0.15) is 0 Å². The number of sulfone groups is 1. The van der Waals surface area contributed by atoms with Crippen LogP contribution in [-0.4, -0.2) is 36.9 Å². The Labute approximate surface area is 127 Å². The van der Waals surface area contributed by atoms with Crippen molar-refractivity contribution < 1.29 is 23.1 Å². The van der Waals surface area contributed by atoms with Gasteiger partial charge in [-0.25, -0.2) is 13.2 Å². The van der Waals surface area contributed by atoms with Crippen molar-refractivity contribution in [1.29, 1.82) is 0 Å². The minimum absolute atomic E-state index is 0.00174. The third kappa shape index (κ3) is 3.95. The second kappa shape index (κ2) is 6.03. The Morgan fingerprint density at radius 1 is 1.38 bits per heavy atom. The number of carboxylic acids is 1. The first-order chi connectivity index (χ1) is 9.78. The summed E-state index contributed by atoms with van der Waals surface area (Å²) in [4.78, 5) is 23.1. The van der Waals surface area contributed by atoms with Crippen LogP contribution in [0.5, 0.6) is 0 Å². The van der Waals surface area contributed by atoms with E-state index in [1.54, 1.807) is 0 Å². The zero-order chi connectivity index (χ0) is 15.6. The van der Waals surface area contributed by atoms with Gasteiger partial charge in [0.05, 0.1) is 22.2 Å². The van der Waals surface area contributed by atoms with E-state index < -0.39 is 21.7 Å². The first kappa shape index (κ1) is 15.8. The number of hydrogen-bond acceptors (Lipinski definition) is 4. The molecule has 2 N–H and O–H groups in total. The van der Waals surface area contributed by atoms with Gasteiger partial charge in [0, 0.05) is 6.42 Å². The fraction of sp³-hybridized carbons (Fsp3) is 0.385. The monoisotopic (exact) mass is 331 g/mol. The van der Waals surface area contributed by atoms with Crippen LogP contribution < -0.4 is 5.32 Å². The minimum Gasteiger partial charge on any atom is -0.478 e. The van der Waals surface area contributed by atoms with Gasteiger partial charge in [-0.1, -0.05) is 17.7 Å². The zero-order valence-corrected chi connectivity index (χ0v) is 12.6. The predicted octanol–water partition coefficient (Wildman–Crippen LogP) is 1.80. The van der Waals surface area contributed by atoms with Crippen molar-refractivity contribution in [2.75, 3.05) is 16.8 Å². The Kier molecular flexibility index (Phi) is 4.53. The van der Waals surface area contributed by atoms with Crippen molar-refractivity contribution in [1.82, 2.24) is 0 Å². The molecule has 0 saturated carbocycles. The maximum Gasteiger partial charge on any atom is 0.339 e. The van der Waals surface area contributed by atoms with E-state index in [0.717, 1.165) is 0 Å². The summed E-state index contributed by atoms with van der Waals surface area (Å²) in [6.07, 6.45) is 0.502. The van der Waals surface area contributed by atoms with Gasteiger partial charge >= 0.3 is 5.97 Å². The summed E-state index contributed by atoms with van der Waals surface area (Å²) in [7, 11) is -3.04. The van der Waals surface area contributed by atoms with Crippen LogP contribution in [0.1, 0.15) is 23.2 Å². The van der Waals surface area contributed by atoms with E-state index in [-0.39, 0.29) is 40.1 Å². The topological polar surface area (TPSA) is 101 Å². The number of amides is 1. The SMILES string of the molecule is O=C(CC1CCS(=O)(=O)C1)Nc1cccc(Cl)c1C(=O)O.